The summed E-state index contributed by atoms with van der Waals surface area (Å²) in [6.07, 6.45) is 12.5. The summed E-state index contributed by atoms with van der Waals surface area (Å²) in [6, 6.07) is 0. The summed E-state index contributed by atoms with van der Waals surface area (Å²) in [5, 5.41) is 0. The summed E-state index contributed by atoms with van der Waals surface area (Å²) < 4.78 is 0. The molecule has 0 radical (unpaired) electrons. The molecule has 0 aliphatic heterocycles. The average Bonchev–Trinajstić information content (AvgIpc) is 2.26. The second kappa shape index (κ2) is 6.42. The van der Waals surface area contributed by atoms with Gasteiger partial charge in [0, 0.05) is 0 Å². The number of rotatable bonds is 2. The summed E-state index contributed by atoms with van der Waals surface area (Å²) in [6.45, 7) is 14.1. The second-order valence-corrected chi connectivity index (χ2v) is 6.47. The molecule has 4 unspecified atom stereocenters. The Morgan fingerprint density at radius 2 is 1.88 bits per heavy atom. The predicted octanol–water partition coefficient (Wildman–Crippen LogP) is 5.61. The summed E-state index contributed by atoms with van der Waals surface area (Å²) in [5.74, 6) is 3.02. The zero-order chi connectivity index (χ0) is 12.9. The fourth-order valence-electron chi connectivity index (χ4n) is 3.89. The van der Waals surface area contributed by atoms with Gasteiger partial charge in [-0.25, -0.2) is 0 Å². The molecule has 0 aromatic heterocycles. The first-order valence-corrected chi connectivity index (χ1v) is 7.23. The van der Waals surface area contributed by atoms with Crippen LogP contribution >= 0.6 is 0 Å². The molecule has 0 heteroatoms. The lowest BCUT2D eigenvalue weighted by molar-refractivity contribution is 0.0217. The maximum absolute atomic E-state index is 3.92. The molecule has 2 saturated carbocycles. The smallest absolute Gasteiger partial charge is 0.0263 e. The Hall–Kier alpha value is -0.520. The molecule has 17 heavy (non-hydrogen) atoms. The highest BCUT2D eigenvalue weighted by Gasteiger charge is 2.42. The van der Waals surface area contributed by atoms with E-state index in [2.05, 4.69) is 33.1 Å². The lowest BCUT2D eigenvalue weighted by atomic mass is 9.56. The van der Waals surface area contributed by atoms with E-state index in [0.29, 0.717) is 5.41 Å². The molecule has 0 heterocycles. The average molecular weight is 234 g/mol. The minimum absolute atomic E-state index is 0.590. The van der Waals surface area contributed by atoms with Gasteiger partial charge in [-0.05, 0) is 68.6 Å². The Kier molecular flexibility index (Phi) is 5.49. The highest BCUT2D eigenvalue weighted by molar-refractivity contribution is 4.96. The molecular formula is C17H30. The van der Waals surface area contributed by atoms with Crippen molar-refractivity contribution in [3.05, 3.63) is 25.3 Å². The van der Waals surface area contributed by atoms with Crippen molar-refractivity contribution in [2.24, 2.45) is 23.2 Å². The molecule has 0 spiro atoms. The van der Waals surface area contributed by atoms with Gasteiger partial charge in [-0.2, -0.15) is 0 Å². The minimum atomic E-state index is 0.590. The van der Waals surface area contributed by atoms with Crippen LogP contribution < -0.4 is 0 Å². The van der Waals surface area contributed by atoms with Gasteiger partial charge < -0.3 is 0 Å². The van der Waals surface area contributed by atoms with Crippen LogP contribution in [0.1, 0.15) is 59.3 Å². The third kappa shape index (κ3) is 3.72. The van der Waals surface area contributed by atoms with Crippen LogP contribution in [0.5, 0.6) is 0 Å². The summed E-state index contributed by atoms with van der Waals surface area (Å²) in [7, 11) is 0. The maximum Gasteiger partial charge on any atom is -0.0263 e. The number of hydrogen-bond acceptors (Lipinski definition) is 0. The SMILES string of the molecule is C=CC.C=CCC1(C)CCC2CC(C)CC1C2. The van der Waals surface area contributed by atoms with E-state index in [1.165, 1.54) is 38.5 Å². The van der Waals surface area contributed by atoms with E-state index in [9.17, 15) is 0 Å². The van der Waals surface area contributed by atoms with E-state index in [1.807, 2.05) is 6.92 Å². The van der Waals surface area contributed by atoms with E-state index in [1.54, 1.807) is 6.08 Å². The molecule has 0 aromatic rings. The largest absolute Gasteiger partial charge is 0.103 e. The second-order valence-electron chi connectivity index (χ2n) is 6.47. The molecule has 2 aliphatic carbocycles. The van der Waals surface area contributed by atoms with Crippen LogP contribution in [0.4, 0.5) is 0 Å². The molecule has 98 valence electrons. The van der Waals surface area contributed by atoms with E-state index in [4.69, 9.17) is 0 Å². The quantitative estimate of drug-likeness (QED) is 0.545. The van der Waals surface area contributed by atoms with Crippen molar-refractivity contribution < 1.29 is 0 Å². The van der Waals surface area contributed by atoms with E-state index < -0.39 is 0 Å². The molecular weight excluding hydrogens is 204 g/mol. The summed E-state index contributed by atoms with van der Waals surface area (Å²) in [4.78, 5) is 0. The van der Waals surface area contributed by atoms with Crippen LogP contribution in [-0.2, 0) is 0 Å². The number of fused-ring (bicyclic) bond motifs is 2. The normalized spacial score (nSPS) is 39.8. The topological polar surface area (TPSA) is 0 Å². The molecule has 2 aliphatic rings. The minimum Gasteiger partial charge on any atom is -0.103 e. The lowest BCUT2D eigenvalue weighted by Crippen LogP contribution is -2.38. The molecule has 0 amide bonds. The zero-order valence-electron chi connectivity index (χ0n) is 12.0. The molecule has 2 rings (SSSR count). The van der Waals surface area contributed by atoms with Crippen molar-refractivity contribution in [1.82, 2.24) is 0 Å². The van der Waals surface area contributed by atoms with Gasteiger partial charge in [-0.3, -0.25) is 0 Å². The highest BCUT2D eigenvalue weighted by atomic mass is 14.5. The van der Waals surface area contributed by atoms with E-state index in [-0.39, 0.29) is 0 Å². The first-order chi connectivity index (χ1) is 8.05. The standard InChI is InChI=1S/C14H24.C3H6/c1-4-6-14(3)7-5-12-8-11(2)9-13(14)10-12;1-3-2/h4,11-13H,1,5-10H2,2-3H3;3H,1H2,2H3. The van der Waals surface area contributed by atoms with Gasteiger partial charge >= 0.3 is 0 Å². The fourth-order valence-corrected chi connectivity index (χ4v) is 3.89. The maximum atomic E-state index is 3.92. The fraction of sp³-hybridized carbons (Fsp3) is 0.765. The lowest BCUT2D eigenvalue weighted by Gasteiger charge is -2.49. The van der Waals surface area contributed by atoms with Crippen molar-refractivity contribution in [3.63, 3.8) is 0 Å². The van der Waals surface area contributed by atoms with Crippen LogP contribution in [0.3, 0.4) is 0 Å². The van der Waals surface area contributed by atoms with Gasteiger partial charge in [0.25, 0.3) is 0 Å². The molecule has 2 fully saturated rings. The van der Waals surface area contributed by atoms with Gasteiger partial charge in [0.05, 0.1) is 0 Å². The Balaban J connectivity index is 0.000000437. The third-order valence-electron chi connectivity index (χ3n) is 4.76. The molecule has 4 atom stereocenters. The third-order valence-corrected chi connectivity index (χ3v) is 4.76. The van der Waals surface area contributed by atoms with Crippen LogP contribution in [0.2, 0.25) is 0 Å². The number of hydrogen-bond donors (Lipinski definition) is 0. The molecule has 0 nitrogen and oxygen atoms in total. The van der Waals surface area contributed by atoms with E-state index >= 15 is 0 Å². The van der Waals surface area contributed by atoms with Crippen LogP contribution in [0, 0.1) is 23.2 Å². The molecule has 0 saturated heterocycles. The number of allylic oxidation sites excluding steroid dienone is 2. The van der Waals surface area contributed by atoms with Crippen molar-refractivity contribution in [1.29, 1.82) is 0 Å². The van der Waals surface area contributed by atoms with Gasteiger partial charge in [-0.1, -0.05) is 26.0 Å². The van der Waals surface area contributed by atoms with Crippen molar-refractivity contribution >= 4 is 0 Å². The van der Waals surface area contributed by atoms with Gasteiger partial charge in [0.1, 0.15) is 0 Å². The molecule has 2 bridgehead atoms. The predicted molar refractivity (Wildman–Crippen MR) is 78.0 cm³/mol. The van der Waals surface area contributed by atoms with Crippen LogP contribution in [0.15, 0.2) is 25.3 Å². The van der Waals surface area contributed by atoms with E-state index in [0.717, 1.165) is 17.8 Å². The van der Waals surface area contributed by atoms with Gasteiger partial charge in [-0.15, -0.1) is 13.2 Å². The van der Waals surface area contributed by atoms with Crippen molar-refractivity contribution in [3.8, 4) is 0 Å². The summed E-state index contributed by atoms with van der Waals surface area (Å²) in [5.41, 5.74) is 0.590. The monoisotopic (exact) mass is 234 g/mol. The molecule has 0 aromatic carbocycles. The van der Waals surface area contributed by atoms with Crippen molar-refractivity contribution in [2.75, 3.05) is 0 Å². The highest BCUT2D eigenvalue weighted by Crippen LogP contribution is 2.53. The first kappa shape index (κ1) is 14.5. The molecule has 0 N–H and O–H groups in total. The summed E-state index contributed by atoms with van der Waals surface area (Å²) >= 11 is 0. The zero-order valence-corrected chi connectivity index (χ0v) is 12.0. The Bertz CT molecular complexity index is 251. The van der Waals surface area contributed by atoms with Crippen LogP contribution in [0.25, 0.3) is 0 Å². The van der Waals surface area contributed by atoms with Gasteiger partial charge in [0.15, 0.2) is 0 Å². The first-order valence-electron chi connectivity index (χ1n) is 7.23. The van der Waals surface area contributed by atoms with Gasteiger partial charge in [0.2, 0.25) is 0 Å². The Morgan fingerprint density at radius 3 is 2.47 bits per heavy atom. The Morgan fingerprint density at radius 1 is 1.24 bits per heavy atom. The van der Waals surface area contributed by atoms with Crippen LogP contribution in [-0.4, -0.2) is 0 Å². The van der Waals surface area contributed by atoms with Crippen molar-refractivity contribution in [2.45, 2.75) is 59.3 Å². The Labute approximate surface area is 108 Å².